The lowest BCUT2D eigenvalue weighted by Crippen LogP contribution is -1.92. The molecular weight excluding hydrogens is 304 g/mol. The highest BCUT2D eigenvalue weighted by atomic mass is 16.7. The quantitative estimate of drug-likeness (QED) is 0.448. The molecule has 1 aliphatic rings. The van der Waals surface area contributed by atoms with Crippen LogP contribution in [0, 0.1) is 0 Å². The summed E-state index contributed by atoms with van der Waals surface area (Å²) >= 11 is 0. The van der Waals surface area contributed by atoms with E-state index in [1.807, 2.05) is 18.2 Å². The number of allylic oxidation sites excluding steroid dienone is 2. The van der Waals surface area contributed by atoms with Crippen molar-refractivity contribution in [1.82, 2.24) is 0 Å². The van der Waals surface area contributed by atoms with Crippen molar-refractivity contribution >= 4 is 12.0 Å². The molecule has 130 valence electrons. The minimum absolute atomic E-state index is 0.318. The van der Waals surface area contributed by atoms with Gasteiger partial charge in [-0.05, 0) is 43.4 Å². The van der Waals surface area contributed by atoms with Crippen LogP contribution >= 0.6 is 0 Å². The van der Waals surface area contributed by atoms with E-state index in [2.05, 4.69) is 12.2 Å². The van der Waals surface area contributed by atoms with Crippen LogP contribution in [0.15, 0.2) is 36.4 Å². The maximum absolute atomic E-state index is 10.3. The third-order valence-corrected chi connectivity index (χ3v) is 3.96. The molecule has 1 aromatic carbocycles. The van der Waals surface area contributed by atoms with E-state index in [1.165, 1.54) is 38.2 Å². The van der Waals surface area contributed by atoms with Crippen LogP contribution < -0.4 is 9.47 Å². The molecule has 0 radical (unpaired) electrons. The van der Waals surface area contributed by atoms with E-state index in [0.717, 1.165) is 36.3 Å². The van der Waals surface area contributed by atoms with Crippen molar-refractivity contribution in [2.24, 2.45) is 0 Å². The van der Waals surface area contributed by atoms with E-state index in [1.54, 1.807) is 6.08 Å². The van der Waals surface area contributed by atoms with Crippen LogP contribution in [0.2, 0.25) is 0 Å². The monoisotopic (exact) mass is 330 g/mol. The van der Waals surface area contributed by atoms with Gasteiger partial charge in [0.1, 0.15) is 0 Å². The first-order chi connectivity index (χ1) is 11.8. The van der Waals surface area contributed by atoms with Crippen molar-refractivity contribution in [2.75, 3.05) is 6.79 Å². The third kappa shape index (κ3) is 6.90. The summed E-state index contributed by atoms with van der Waals surface area (Å²) in [5.41, 5.74) is 1.15. The number of benzene rings is 1. The second-order valence-corrected chi connectivity index (χ2v) is 5.95. The Hall–Kier alpha value is -2.23. The number of carboxylic acid groups (broad SMARTS) is 1. The van der Waals surface area contributed by atoms with Crippen LogP contribution in [0.4, 0.5) is 0 Å². The summed E-state index contributed by atoms with van der Waals surface area (Å²) in [4.78, 5) is 10.3. The van der Waals surface area contributed by atoms with Gasteiger partial charge < -0.3 is 14.6 Å². The molecule has 0 spiro atoms. The van der Waals surface area contributed by atoms with Crippen molar-refractivity contribution in [3.8, 4) is 11.5 Å². The normalized spacial score (nSPS) is 13.2. The molecule has 1 aliphatic heterocycles. The fourth-order valence-electron chi connectivity index (χ4n) is 2.65. The van der Waals surface area contributed by atoms with Crippen LogP contribution in [-0.2, 0) is 4.79 Å². The Kier molecular flexibility index (Phi) is 7.94. The maximum atomic E-state index is 10.3. The predicted octanol–water partition coefficient (Wildman–Crippen LogP) is 5.19. The highest BCUT2D eigenvalue weighted by Gasteiger charge is 2.11. The Morgan fingerprint density at radius 1 is 0.958 bits per heavy atom. The van der Waals surface area contributed by atoms with Crippen molar-refractivity contribution in [3.05, 3.63) is 42.0 Å². The van der Waals surface area contributed by atoms with Crippen molar-refractivity contribution in [3.63, 3.8) is 0 Å². The van der Waals surface area contributed by atoms with Crippen molar-refractivity contribution in [2.45, 2.75) is 51.4 Å². The molecule has 2 rings (SSSR count). The minimum atomic E-state index is -0.858. The lowest BCUT2D eigenvalue weighted by molar-refractivity contribution is -0.131. The van der Waals surface area contributed by atoms with Gasteiger partial charge in [0.2, 0.25) is 6.79 Å². The second-order valence-electron chi connectivity index (χ2n) is 5.95. The van der Waals surface area contributed by atoms with Gasteiger partial charge in [0.15, 0.2) is 11.5 Å². The fraction of sp³-hybridized carbons (Fsp3) is 0.450. The Morgan fingerprint density at radius 2 is 1.62 bits per heavy atom. The molecule has 1 heterocycles. The van der Waals surface area contributed by atoms with Gasteiger partial charge >= 0.3 is 5.97 Å². The van der Waals surface area contributed by atoms with Gasteiger partial charge in [-0.2, -0.15) is 0 Å². The number of rotatable bonds is 11. The lowest BCUT2D eigenvalue weighted by atomic mass is 10.1. The SMILES string of the molecule is O=C(O)/C=C/CCCCCCCC/C=C/c1ccc2c(c1)OCO2. The second kappa shape index (κ2) is 10.5. The van der Waals surface area contributed by atoms with Gasteiger partial charge in [-0.1, -0.05) is 50.0 Å². The topological polar surface area (TPSA) is 55.8 Å². The average molecular weight is 330 g/mol. The van der Waals surface area contributed by atoms with Crippen molar-refractivity contribution < 1.29 is 19.4 Å². The molecule has 0 amide bonds. The highest BCUT2D eigenvalue weighted by molar-refractivity contribution is 5.79. The number of ether oxygens (including phenoxy) is 2. The predicted molar refractivity (Wildman–Crippen MR) is 95.3 cm³/mol. The van der Waals surface area contributed by atoms with Crippen LogP contribution in [0.25, 0.3) is 6.08 Å². The molecule has 0 aromatic heterocycles. The highest BCUT2D eigenvalue weighted by Crippen LogP contribution is 2.32. The van der Waals surface area contributed by atoms with Gasteiger partial charge in [-0.15, -0.1) is 0 Å². The number of hydrogen-bond donors (Lipinski definition) is 1. The molecule has 0 aliphatic carbocycles. The number of fused-ring (bicyclic) bond motifs is 1. The molecule has 24 heavy (non-hydrogen) atoms. The largest absolute Gasteiger partial charge is 0.478 e. The van der Waals surface area contributed by atoms with Crippen molar-refractivity contribution in [1.29, 1.82) is 0 Å². The zero-order valence-corrected chi connectivity index (χ0v) is 14.1. The average Bonchev–Trinajstić information content (AvgIpc) is 3.03. The molecular formula is C20H26O4. The van der Waals surface area contributed by atoms with E-state index in [-0.39, 0.29) is 0 Å². The summed E-state index contributed by atoms with van der Waals surface area (Å²) in [5, 5.41) is 8.47. The Morgan fingerprint density at radius 3 is 2.38 bits per heavy atom. The molecule has 0 bridgehead atoms. The molecule has 4 heteroatoms. The third-order valence-electron chi connectivity index (χ3n) is 3.96. The number of carbonyl (C=O) groups is 1. The van der Waals surface area contributed by atoms with Gasteiger partial charge in [0.05, 0.1) is 0 Å². The standard InChI is InChI=1S/C20H26O4/c21-20(22)12-10-8-6-4-2-1-3-5-7-9-11-17-13-14-18-19(15-17)24-16-23-18/h9-15H,1-8,16H2,(H,21,22)/b11-9+,12-10+. The van der Waals surface area contributed by atoms with E-state index < -0.39 is 5.97 Å². The van der Waals surface area contributed by atoms with E-state index >= 15 is 0 Å². The van der Waals surface area contributed by atoms with E-state index in [0.29, 0.717) is 6.79 Å². The maximum Gasteiger partial charge on any atom is 0.327 e. The van der Waals surface area contributed by atoms with E-state index in [4.69, 9.17) is 14.6 Å². The number of aliphatic carboxylic acids is 1. The van der Waals surface area contributed by atoms with Gasteiger partial charge in [0, 0.05) is 6.08 Å². The molecule has 0 atom stereocenters. The van der Waals surface area contributed by atoms with Crippen LogP contribution in [0.3, 0.4) is 0 Å². The Balaban J connectivity index is 1.47. The summed E-state index contributed by atoms with van der Waals surface area (Å²) in [5.74, 6) is 0.796. The fourth-order valence-corrected chi connectivity index (χ4v) is 2.65. The summed E-state index contributed by atoms with van der Waals surface area (Å²) in [6.07, 6.45) is 16.5. The number of unbranched alkanes of at least 4 members (excludes halogenated alkanes) is 7. The van der Waals surface area contributed by atoms with E-state index in [9.17, 15) is 4.79 Å². The summed E-state index contributed by atoms with van der Waals surface area (Å²) < 4.78 is 10.7. The number of carboxylic acids is 1. The molecule has 0 unspecified atom stereocenters. The van der Waals surface area contributed by atoms with Crippen LogP contribution in [-0.4, -0.2) is 17.9 Å². The molecule has 4 nitrogen and oxygen atoms in total. The van der Waals surface area contributed by atoms with Crippen LogP contribution in [0.1, 0.15) is 56.9 Å². The first-order valence-corrected chi connectivity index (χ1v) is 8.71. The molecule has 1 aromatic rings. The zero-order chi connectivity index (χ0) is 17.0. The first-order valence-electron chi connectivity index (χ1n) is 8.71. The molecule has 0 saturated carbocycles. The Bertz CT molecular complexity index is 575. The minimum Gasteiger partial charge on any atom is -0.478 e. The molecule has 1 N–H and O–H groups in total. The number of hydrogen-bond acceptors (Lipinski definition) is 3. The smallest absolute Gasteiger partial charge is 0.327 e. The van der Waals surface area contributed by atoms with Crippen LogP contribution in [0.5, 0.6) is 11.5 Å². The summed E-state index contributed by atoms with van der Waals surface area (Å²) in [6.45, 7) is 0.318. The molecule has 0 saturated heterocycles. The van der Waals surface area contributed by atoms with Gasteiger partial charge in [0.25, 0.3) is 0 Å². The lowest BCUT2D eigenvalue weighted by Gasteiger charge is -2.00. The Labute approximate surface area is 143 Å². The van der Waals surface area contributed by atoms with Gasteiger partial charge in [-0.3, -0.25) is 0 Å². The van der Waals surface area contributed by atoms with Gasteiger partial charge in [-0.25, -0.2) is 4.79 Å². The zero-order valence-electron chi connectivity index (χ0n) is 14.1. The molecule has 0 fully saturated rings. The first kappa shape index (κ1) is 18.1. The summed E-state index contributed by atoms with van der Waals surface area (Å²) in [6, 6.07) is 6.01. The summed E-state index contributed by atoms with van der Waals surface area (Å²) in [7, 11) is 0.